The number of benzene rings is 2. The molecule has 1 amide bonds. The maximum Gasteiger partial charge on any atom is 0.338 e. The van der Waals surface area contributed by atoms with E-state index in [1.165, 1.54) is 0 Å². The Morgan fingerprint density at radius 1 is 1.00 bits per heavy atom. The Morgan fingerprint density at radius 3 is 2.19 bits per heavy atom. The van der Waals surface area contributed by atoms with Crippen LogP contribution in [0.15, 0.2) is 42.5 Å². The van der Waals surface area contributed by atoms with Crippen LogP contribution in [-0.4, -0.2) is 37.0 Å². The molecule has 0 N–H and O–H groups in total. The molecule has 0 aliphatic heterocycles. The first-order valence-corrected chi connectivity index (χ1v) is 8.96. The minimum absolute atomic E-state index is 0.0989. The second-order valence-electron chi connectivity index (χ2n) is 6.97. The maximum atomic E-state index is 12.8. The fourth-order valence-corrected chi connectivity index (χ4v) is 2.85. The second kappa shape index (κ2) is 8.65. The van der Waals surface area contributed by atoms with Crippen molar-refractivity contribution in [3.05, 3.63) is 59.2 Å². The number of rotatable bonds is 6. The lowest BCUT2D eigenvalue weighted by Gasteiger charge is -2.20. The van der Waals surface area contributed by atoms with E-state index in [1.807, 2.05) is 37.3 Å². The van der Waals surface area contributed by atoms with Gasteiger partial charge in [0.2, 0.25) is 0 Å². The Hall–Kier alpha value is -2.62. The third-order valence-electron chi connectivity index (χ3n) is 4.06. The highest BCUT2D eigenvalue weighted by Gasteiger charge is 2.18. The largest absolute Gasteiger partial charge is 0.462 e. The number of carbonyl (C=O) groups excluding carboxylic acids is 2. The van der Waals surface area contributed by atoms with E-state index >= 15 is 0 Å². The highest BCUT2D eigenvalue weighted by molar-refractivity contribution is 5.99. The first-order valence-electron chi connectivity index (χ1n) is 8.96. The fourth-order valence-electron chi connectivity index (χ4n) is 2.85. The Labute approximate surface area is 155 Å². The number of amides is 1. The predicted octanol–water partition coefficient (Wildman–Crippen LogP) is 4.57. The minimum atomic E-state index is -0.415. The Kier molecular flexibility index (Phi) is 6.56. The average molecular weight is 353 g/mol. The van der Waals surface area contributed by atoms with Crippen molar-refractivity contribution < 1.29 is 14.3 Å². The summed E-state index contributed by atoms with van der Waals surface area (Å²) in [6.07, 6.45) is 0. The summed E-state index contributed by atoms with van der Waals surface area (Å²) in [6.45, 7) is 8.87. The van der Waals surface area contributed by atoms with E-state index in [-0.39, 0.29) is 5.91 Å². The highest BCUT2D eigenvalue weighted by atomic mass is 16.5. The van der Waals surface area contributed by atoms with Crippen molar-refractivity contribution in [2.24, 2.45) is 5.92 Å². The molecule has 0 atom stereocenters. The third-order valence-corrected chi connectivity index (χ3v) is 4.06. The van der Waals surface area contributed by atoms with Crippen LogP contribution in [0.1, 0.15) is 47.1 Å². The first kappa shape index (κ1) is 19.7. The van der Waals surface area contributed by atoms with E-state index in [0.29, 0.717) is 30.2 Å². The summed E-state index contributed by atoms with van der Waals surface area (Å²) in [5, 5.41) is 0. The SMILES string of the molecule is CCOC(=O)c1cc(C(=O)N(C)CC(C)C)cc(-c2ccc(C)cc2)c1. The molecule has 138 valence electrons. The smallest absolute Gasteiger partial charge is 0.338 e. The monoisotopic (exact) mass is 353 g/mol. The summed E-state index contributed by atoms with van der Waals surface area (Å²) in [4.78, 5) is 26.8. The maximum absolute atomic E-state index is 12.8. The van der Waals surface area contributed by atoms with Crippen LogP contribution >= 0.6 is 0 Å². The van der Waals surface area contributed by atoms with Crippen molar-refractivity contribution in [1.82, 2.24) is 4.90 Å². The molecule has 0 heterocycles. The summed E-state index contributed by atoms with van der Waals surface area (Å²) < 4.78 is 5.13. The van der Waals surface area contributed by atoms with Crippen LogP contribution in [0, 0.1) is 12.8 Å². The van der Waals surface area contributed by atoms with E-state index in [1.54, 1.807) is 31.0 Å². The van der Waals surface area contributed by atoms with E-state index in [0.717, 1.165) is 16.7 Å². The zero-order chi connectivity index (χ0) is 19.3. The van der Waals surface area contributed by atoms with E-state index < -0.39 is 5.97 Å². The number of aryl methyl sites for hydroxylation is 1. The summed E-state index contributed by atoms with van der Waals surface area (Å²) >= 11 is 0. The topological polar surface area (TPSA) is 46.6 Å². The number of hydrogen-bond acceptors (Lipinski definition) is 3. The molecule has 26 heavy (non-hydrogen) atoms. The predicted molar refractivity (Wildman–Crippen MR) is 104 cm³/mol. The van der Waals surface area contributed by atoms with Gasteiger partial charge in [-0.05, 0) is 49.1 Å². The van der Waals surface area contributed by atoms with E-state index in [9.17, 15) is 9.59 Å². The summed E-state index contributed by atoms with van der Waals surface area (Å²) in [5.41, 5.74) is 3.84. The molecular formula is C22H27NO3. The van der Waals surface area contributed by atoms with E-state index in [2.05, 4.69) is 13.8 Å². The van der Waals surface area contributed by atoms with Crippen molar-refractivity contribution in [3.8, 4) is 11.1 Å². The molecular weight excluding hydrogens is 326 g/mol. The molecule has 0 aliphatic carbocycles. The number of ether oxygens (including phenoxy) is 1. The lowest BCUT2D eigenvalue weighted by Crippen LogP contribution is -2.30. The fraction of sp³-hybridized carbons (Fsp3) is 0.364. The summed E-state index contributed by atoms with van der Waals surface area (Å²) in [7, 11) is 1.78. The van der Waals surface area contributed by atoms with Gasteiger partial charge in [0.15, 0.2) is 0 Å². The number of nitrogens with zero attached hydrogens (tertiary/aromatic N) is 1. The molecule has 0 unspecified atom stereocenters. The molecule has 2 rings (SSSR count). The third kappa shape index (κ3) is 4.94. The van der Waals surface area contributed by atoms with Gasteiger partial charge in [0.05, 0.1) is 12.2 Å². The Morgan fingerprint density at radius 2 is 1.62 bits per heavy atom. The lowest BCUT2D eigenvalue weighted by atomic mass is 9.98. The molecule has 2 aromatic carbocycles. The van der Waals surface area contributed by atoms with Crippen LogP contribution in [0.2, 0.25) is 0 Å². The molecule has 2 aromatic rings. The van der Waals surface area contributed by atoms with Crippen LogP contribution in [0.4, 0.5) is 0 Å². The van der Waals surface area contributed by atoms with Crippen LogP contribution in [0.3, 0.4) is 0 Å². The van der Waals surface area contributed by atoms with Gasteiger partial charge in [-0.1, -0.05) is 43.7 Å². The van der Waals surface area contributed by atoms with Gasteiger partial charge in [-0.2, -0.15) is 0 Å². The van der Waals surface area contributed by atoms with Crippen molar-refractivity contribution in [1.29, 1.82) is 0 Å². The first-order chi connectivity index (χ1) is 12.3. The number of hydrogen-bond donors (Lipinski definition) is 0. The summed E-state index contributed by atoms with van der Waals surface area (Å²) in [6, 6.07) is 13.2. The van der Waals surface area contributed by atoms with Crippen LogP contribution in [0.5, 0.6) is 0 Å². The highest BCUT2D eigenvalue weighted by Crippen LogP contribution is 2.24. The standard InChI is InChI=1S/C22H27NO3/c1-6-26-22(25)20-12-18(17-9-7-16(4)8-10-17)11-19(13-20)21(24)23(5)14-15(2)3/h7-13,15H,6,14H2,1-5H3. The molecule has 0 bridgehead atoms. The van der Waals surface area contributed by atoms with Gasteiger partial charge in [-0.25, -0.2) is 4.79 Å². The molecule has 0 aliphatic rings. The van der Waals surface area contributed by atoms with Crippen LogP contribution in [-0.2, 0) is 4.74 Å². The molecule has 0 spiro atoms. The molecule has 0 fully saturated rings. The molecule has 0 saturated carbocycles. The van der Waals surface area contributed by atoms with Gasteiger partial charge in [0.25, 0.3) is 5.91 Å². The van der Waals surface area contributed by atoms with Crippen LogP contribution in [0.25, 0.3) is 11.1 Å². The van der Waals surface area contributed by atoms with Gasteiger partial charge >= 0.3 is 5.97 Å². The van der Waals surface area contributed by atoms with Gasteiger partial charge in [-0.15, -0.1) is 0 Å². The quantitative estimate of drug-likeness (QED) is 0.715. The second-order valence-corrected chi connectivity index (χ2v) is 6.97. The van der Waals surface area contributed by atoms with Gasteiger partial charge < -0.3 is 9.64 Å². The minimum Gasteiger partial charge on any atom is -0.462 e. The molecule has 0 saturated heterocycles. The number of carbonyl (C=O) groups is 2. The number of esters is 1. The van der Waals surface area contributed by atoms with Crippen molar-refractivity contribution in [2.75, 3.05) is 20.2 Å². The zero-order valence-corrected chi connectivity index (χ0v) is 16.2. The molecule has 4 heteroatoms. The van der Waals surface area contributed by atoms with Crippen molar-refractivity contribution in [3.63, 3.8) is 0 Å². The van der Waals surface area contributed by atoms with E-state index in [4.69, 9.17) is 4.74 Å². The van der Waals surface area contributed by atoms with Gasteiger partial charge in [-0.3, -0.25) is 4.79 Å². The Bertz CT molecular complexity index is 778. The van der Waals surface area contributed by atoms with Crippen LogP contribution < -0.4 is 0 Å². The van der Waals surface area contributed by atoms with Crippen molar-refractivity contribution in [2.45, 2.75) is 27.7 Å². The Balaban J connectivity index is 2.48. The molecule has 0 radical (unpaired) electrons. The van der Waals surface area contributed by atoms with Gasteiger partial charge in [0, 0.05) is 19.2 Å². The lowest BCUT2D eigenvalue weighted by molar-refractivity contribution is 0.0526. The normalized spacial score (nSPS) is 10.7. The summed E-state index contributed by atoms with van der Waals surface area (Å²) in [5.74, 6) is -0.144. The molecule has 0 aromatic heterocycles. The zero-order valence-electron chi connectivity index (χ0n) is 16.2. The van der Waals surface area contributed by atoms with Gasteiger partial charge in [0.1, 0.15) is 0 Å². The average Bonchev–Trinajstić information content (AvgIpc) is 2.61. The van der Waals surface area contributed by atoms with Crippen molar-refractivity contribution >= 4 is 11.9 Å². The molecule has 4 nitrogen and oxygen atoms in total.